The van der Waals surface area contributed by atoms with E-state index in [0.717, 1.165) is 70.0 Å². The summed E-state index contributed by atoms with van der Waals surface area (Å²) in [5, 5.41) is 7.37. The minimum Gasteiger partial charge on any atom is -0.368 e. The van der Waals surface area contributed by atoms with Crippen molar-refractivity contribution in [3.63, 3.8) is 0 Å². The molecule has 0 bridgehead atoms. The van der Waals surface area contributed by atoms with Crippen LogP contribution in [0.15, 0.2) is 18.2 Å². The Morgan fingerprint density at radius 2 is 1.74 bits per heavy atom. The third-order valence-corrected chi connectivity index (χ3v) is 6.79. The molecule has 3 fully saturated rings. The van der Waals surface area contributed by atoms with E-state index < -0.39 is 0 Å². The molecule has 0 unspecified atom stereocenters. The van der Waals surface area contributed by atoms with E-state index in [2.05, 4.69) is 20.4 Å². The third-order valence-electron chi connectivity index (χ3n) is 5.98. The molecule has 5 nitrogen and oxygen atoms in total. The molecule has 2 aliphatic carbocycles. The second-order valence-electron chi connectivity index (χ2n) is 8.12. The lowest BCUT2D eigenvalue weighted by atomic mass is 9.78. The fourth-order valence-corrected chi connectivity index (χ4v) is 4.46. The maximum Gasteiger partial charge on any atom is 0.315 e. The highest BCUT2D eigenvalue weighted by Gasteiger charge is 2.32. The molecule has 0 spiro atoms. The van der Waals surface area contributed by atoms with Crippen LogP contribution in [0, 0.1) is 5.92 Å². The van der Waals surface area contributed by atoms with Crippen molar-refractivity contribution in [2.24, 2.45) is 5.92 Å². The molecule has 4 rings (SSSR count). The van der Waals surface area contributed by atoms with E-state index in [1.165, 1.54) is 6.42 Å². The van der Waals surface area contributed by atoms with Crippen molar-refractivity contribution < 1.29 is 4.79 Å². The quantitative estimate of drug-likeness (QED) is 0.750. The van der Waals surface area contributed by atoms with Crippen molar-refractivity contribution in [2.75, 3.05) is 37.6 Å². The Morgan fingerprint density at radius 1 is 1.04 bits per heavy atom. The number of halogens is 2. The number of rotatable bonds is 6. The summed E-state index contributed by atoms with van der Waals surface area (Å²) in [5.74, 6) is 0.747. The van der Waals surface area contributed by atoms with E-state index >= 15 is 0 Å². The molecule has 27 heavy (non-hydrogen) atoms. The van der Waals surface area contributed by atoms with Gasteiger partial charge in [-0.1, -0.05) is 29.3 Å². The van der Waals surface area contributed by atoms with Crippen LogP contribution < -0.4 is 15.5 Å². The zero-order valence-corrected chi connectivity index (χ0v) is 17.1. The fraction of sp³-hybridized carbons (Fsp3) is 0.650. The number of piperazine rings is 1. The molecule has 0 radical (unpaired) electrons. The normalized spacial score (nSPS) is 25.8. The Hall–Kier alpha value is -1.17. The summed E-state index contributed by atoms with van der Waals surface area (Å²) in [4.78, 5) is 16.6. The molecule has 2 amide bonds. The van der Waals surface area contributed by atoms with E-state index in [1.807, 2.05) is 18.2 Å². The van der Waals surface area contributed by atoms with Crippen molar-refractivity contribution in [3.05, 3.63) is 28.2 Å². The van der Waals surface area contributed by atoms with Gasteiger partial charge < -0.3 is 15.5 Å². The lowest BCUT2D eigenvalue weighted by Crippen LogP contribution is -2.50. The summed E-state index contributed by atoms with van der Waals surface area (Å²) < 4.78 is 0. The van der Waals surface area contributed by atoms with Crippen molar-refractivity contribution in [3.8, 4) is 0 Å². The Labute approximate surface area is 171 Å². The van der Waals surface area contributed by atoms with Gasteiger partial charge in [0, 0.05) is 38.3 Å². The molecule has 148 valence electrons. The molecular weight excluding hydrogens is 383 g/mol. The zero-order valence-electron chi connectivity index (χ0n) is 15.6. The Morgan fingerprint density at radius 3 is 2.44 bits per heavy atom. The number of nitrogens with zero attached hydrogens (tertiary/aromatic N) is 2. The average Bonchev–Trinajstić information content (AvgIpc) is 3.44. The van der Waals surface area contributed by atoms with Crippen LogP contribution >= 0.6 is 23.2 Å². The van der Waals surface area contributed by atoms with Crippen LogP contribution in [-0.2, 0) is 0 Å². The molecule has 1 aromatic rings. The predicted octanol–water partition coefficient (Wildman–Crippen LogP) is 3.75. The van der Waals surface area contributed by atoms with E-state index in [0.29, 0.717) is 22.1 Å². The second kappa shape index (κ2) is 8.46. The van der Waals surface area contributed by atoms with Gasteiger partial charge in [0.2, 0.25) is 0 Å². The van der Waals surface area contributed by atoms with Gasteiger partial charge in [0.15, 0.2) is 0 Å². The molecule has 7 heteroatoms. The molecule has 3 aliphatic rings. The van der Waals surface area contributed by atoms with Crippen LogP contribution in [-0.4, -0.2) is 55.7 Å². The third kappa shape index (κ3) is 5.01. The van der Waals surface area contributed by atoms with E-state index in [4.69, 9.17) is 23.2 Å². The van der Waals surface area contributed by atoms with Gasteiger partial charge in [-0.15, -0.1) is 0 Å². The molecule has 0 aromatic heterocycles. The first-order valence-corrected chi connectivity index (χ1v) is 10.8. The van der Waals surface area contributed by atoms with Gasteiger partial charge in [-0.25, -0.2) is 4.79 Å². The first-order chi connectivity index (χ1) is 13.1. The standard InChI is InChI=1S/C20H28Cl2N4O/c21-17-2-1-3-18(19(17)22)26-10-8-25(9-11-26)7-6-14-12-16(13-14)24-20(27)23-15-4-5-15/h1-3,14-16H,4-13H2,(H2,23,24,27)/t14-,16-. The SMILES string of the molecule is O=C(NC1CC1)N[C@H]1C[C@H](CCN2CCN(c3cccc(Cl)c3Cl)CC2)C1. The van der Waals surface area contributed by atoms with Gasteiger partial charge in [0.1, 0.15) is 0 Å². The topological polar surface area (TPSA) is 47.6 Å². The molecule has 2 N–H and O–H groups in total. The fourth-order valence-electron chi connectivity index (χ4n) is 4.04. The smallest absolute Gasteiger partial charge is 0.315 e. The summed E-state index contributed by atoms with van der Waals surface area (Å²) >= 11 is 12.5. The number of nitrogens with one attached hydrogen (secondary N) is 2. The van der Waals surface area contributed by atoms with Crippen LogP contribution in [0.2, 0.25) is 10.0 Å². The number of benzene rings is 1. The number of anilines is 1. The number of hydrogen-bond acceptors (Lipinski definition) is 3. The molecule has 1 saturated heterocycles. The Balaban J connectivity index is 1.12. The molecule has 2 saturated carbocycles. The zero-order chi connectivity index (χ0) is 18.8. The van der Waals surface area contributed by atoms with E-state index in [-0.39, 0.29) is 6.03 Å². The summed E-state index contributed by atoms with van der Waals surface area (Å²) in [7, 11) is 0. The van der Waals surface area contributed by atoms with Gasteiger partial charge in [-0.2, -0.15) is 0 Å². The lowest BCUT2D eigenvalue weighted by molar-refractivity contribution is 0.169. The van der Waals surface area contributed by atoms with Gasteiger partial charge in [-0.3, -0.25) is 4.90 Å². The monoisotopic (exact) mass is 410 g/mol. The Bertz CT molecular complexity index is 668. The number of hydrogen-bond donors (Lipinski definition) is 2. The summed E-state index contributed by atoms with van der Waals surface area (Å²) in [6.45, 7) is 5.22. The molecule has 1 heterocycles. The highest BCUT2D eigenvalue weighted by Crippen LogP contribution is 2.33. The van der Waals surface area contributed by atoms with E-state index in [9.17, 15) is 4.79 Å². The molecule has 1 aromatic carbocycles. The van der Waals surface area contributed by atoms with Gasteiger partial charge in [0.25, 0.3) is 0 Å². The first-order valence-electron chi connectivity index (χ1n) is 10.1. The van der Waals surface area contributed by atoms with Gasteiger partial charge in [0.05, 0.1) is 15.7 Å². The number of carbonyl (C=O) groups is 1. The maximum atomic E-state index is 11.7. The van der Waals surface area contributed by atoms with Crippen LogP contribution in [0.3, 0.4) is 0 Å². The van der Waals surface area contributed by atoms with Crippen molar-refractivity contribution in [1.82, 2.24) is 15.5 Å². The highest BCUT2D eigenvalue weighted by atomic mass is 35.5. The van der Waals surface area contributed by atoms with Crippen LogP contribution in [0.1, 0.15) is 32.1 Å². The van der Waals surface area contributed by atoms with Crippen molar-refractivity contribution >= 4 is 34.9 Å². The minimum atomic E-state index is 0.0248. The number of urea groups is 1. The average molecular weight is 411 g/mol. The van der Waals surface area contributed by atoms with Crippen LogP contribution in [0.4, 0.5) is 10.5 Å². The second-order valence-corrected chi connectivity index (χ2v) is 8.90. The highest BCUT2D eigenvalue weighted by molar-refractivity contribution is 6.43. The van der Waals surface area contributed by atoms with Gasteiger partial charge >= 0.3 is 6.03 Å². The Kier molecular flexibility index (Phi) is 6.00. The van der Waals surface area contributed by atoms with E-state index in [1.54, 1.807) is 0 Å². The first kappa shape index (κ1) is 19.2. The molecule has 1 aliphatic heterocycles. The number of amides is 2. The lowest BCUT2D eigenvalue weighted by Gasteiger charge is -2.39. The summed E-state index contributed by atoms with van der Waals surface area (Å²) in [6.07, 6.45) is 5.74. The largest absolute Gasteiger partial charge is 0.368 e. The van der Waals surface area contributed by atoms with Crippen LogP contribution in [0.25, 0.3) is 0 Å². The van der Waals surface area contributed by atoms with Crippen LogP contribution in [0.5, 0.6) is 0 Å². The van der Waals surface area contributed by atoms with Gasteiger partial charge in [-0.05, 0) is 56.7 Å². The van der Waals surface area contributed by atoms with Crippen molar-refractivity contribution in [2.45, 2.75) is 44.2 Å². The number of carbonyl (C=O) groups excluding carboxylic acids is 1. The predicted molar refractivity (Wildman–Crippen MR) is 111 cm³/mol. The molecule has 0 atom stereocenters. The minimum absolute atomic E-state index is 0.0248. The summed E-state index contributed by atoms with van der Waals surface area (Å²) in [5.41, 5.74) is 1.04. The summed E-state index contributed by atoms with van der Waals surface area (Å²) in [6, 6.07) is 6.67. The molecular formula is C20H28Cl2N4O. The van der Waals surface area contributed by atoms with Crippen molar-refractivity contribution in [1.29, 1.82) is 0 Å². The maximum absolute atomic E-state index is 11.7.